The fourth-order valence-electron chi connectivity index (χ4n) is 0.965. The lowest BCUT2D eigenvalue weighted by molar-refractivity contribution is -0.343. The summed E-state index contributed by atoms with van der Waals surface area (Å²) in [6.07, 6.45) is -5.71. The number of halogens is 8. The van der Waals surface area contributed by atoms with E-state index in [0.29, 0.717) is 0 Å². The first-order chi connectivity index (χ1) is 8.89. The van der Waals surface area contributed by atoms with Crippen LogP contribution in [0.25, 0.3) is 0 Å². The van der Waals surface area contributed by atoms with E-state index in [4.69, 9.17) is 11.6 Å². The quantitative estimate of drug-likeness (QED) is 0.865. The Morgan fingerprint density at radius 1 is 1.10 bits per heavy atom. The van der Waals surface area contributed by atoms with Gasteiger partial charge in [-0.25, -0.2) is 4.98 Å². The normalized spacial score (nSPS) is 13.2. The molecule has 1 aromatic rings. The molecule has 0 fully saturated rings. The van der Waals surface area contributed by atoms with Gasteiger partial charge in [0.1, 0.15) is 5.82 Å². The maximum atomic E-state index is 12.9. The van der Waals surface area contributed by atoms with Gasteiger partial charge >= 0.3 is 23.9 Å². The number of carbonyl (C=O) groups excluding carboxylic acids is 1. The Kier molecular flexibility index (Phi) is 4.18. The van der Waals surface area contributed by atoms with Crippen molar-refractivity contribution in [2.75, 3.05) is 5.32 Å². The number of nitrogens with one attached hydrogen (secondary N) is 1. The molecule has 0 radical (unpaired) electrons. The fourth-order valence-corrected chi connectivity index (χ4v) is 1.08. The van der Waals surface area contributed by atoms with Gasteiger partial charge < -0.3 is 5.32 Å². The lowest BCUT2D eigenvalue weighted by Gasteiger charge is -2.26. The first-order valence-corrected chi connectivity index (χ1v) is 5.03. The number of rotatable bonds is 3. The highest BCUT2D eigenvalue weighted by atomic mass is 35.5. The summed E-state index contributed by atoms with van der Waals surface area (Å²) in [4.78, 5) is 14.2. The van der Waals surface area contributed by atoms with Crippen LogP contribution < -0.4 is 5.32 Å². The van der Waals surface area contributed by atoms with Crippen LogP contribution in [0.4, 0.5) is 36.6 Å². The molecule has 0 saturated heterocycles. The Balaban J connectivity index is 2.98. The summed E-state index contributed by atoms with van der Waals surface area (Å²) in [5, 5.41) is 1.19. The molecule has 0 spiro atoms. The molecule has 112 valence electrons. The topological polar surface area (TPSA) is 42.0 Å². The Bertz CT molecular complexity index is 500. The third-order valence-corrected chi connectivity index (χ3v) is 2.23. The molecule has 1 rings (SSSR count). The van der Waals surface area contributed by atoms with Crippen molar-refractivity contribution in [3.63, 3.8) is 0 Å². The van der Waals surface area contributed by atoms with E-state index >= 15 is 0 Å². The van der Waals surface area contributed by atoms with Gasteiger partial charge in [-0.2, -0.15) is 30.7 Å². The van der Waals surface area contributed by atoms with Crippen molar-refractivity contribution >= 4 is 23.3 Å². The summed E-state index contributed by atoms with van der Waals surface area (Å²) < 4.78 is 86.5. The standard InChI is InChI=1S/C9H4ClF7N2O/c10-4-1-2-5(18-3-4)19-6(20)7(11,12)8(13,14)9(15,16)17/h1-3H,(H,18,19,20). The number of amides is 1. The van der Waals surface area contributed by atoms with Crippen LogP contribution in [0, 0.1) is 0 Å². The minimum absolute atomic E-state index is 0.0374. The second-order valence-corrected chi connectivity index (χ2v) is 3.90. The highest BCUT2D eigenvalue weighted by Gasteiger charge is 2.76. The van der Waals surface area contributed by atoms with Crippen LogP contribution in [-0.2, 0) is 4.79 Å². The molecule has 0 bridgehead atoms. The van der Waals surface area contributed by atoms with Crippen molar-refractivity contribution < 1.29 is 35.5 Å². The molecule has 0 aliphatic carbocycles. The molecule has 11 heteroatoms. The van der Waals surface area contributed by atoms with Crippen LogP contribution in [0.15, 0.2) is 18.3 Å². The van der Waals surface area contributed by atoms with Crippen LogP contribution in [-0.4, -0.2) is 28.9 Å². The van der Waals surface area contributed by atoms with Gasteiger partial charge in [-0.1, -0.05) is 11.6 Å². The predicted molar refractivity (Wildman–Crippen MR) is 53.8 cm³/mol. The maximum absolute atomic E-state index is 12.9. The molecule has 0 atom stereocenters. The number of anilines is 1. The van der Waals surface area contributed by atoms with Gasteiger partial charge in [0, 0.05) is 6.20 Å². The van der Waals surface area contributed by atoms with Gasteiger partial charge in [0.2, 0.25) is 0 Å². The van der Waals surface area contributed by atoms with E-state index in [9.17, 15) is 35.5 Å². The highest BCUT2D eigenvalue weighted by molar-refractivity contribution is 6.30. The second kappa shape index (κ2) is 5.08. The number of aromatic nitrogens is 1. The molecule has 0 saturated carbocycles. The summed E-state index contributed by atoms with van der Waals surface area (Å²) in [5.74, 6) is -16.0. The molecule has 0 aromatic carbocycles. The van der Waals surface area contributed by atoms with Gasteiger partial charge in [-0.05, 0) is 12.1 Å². The van der Waals surface area contributed by atoms with E-state index in [0.717, 1.165) is 23.6 Å². The van der Waals surface area contributed by atoms with Crippen molar-refractivity contribution in [1.82, 2.24) is 4.98 Å². The van der Waals surface area contributed by atoms with E-state index in [-0.39, 0.29) is 5.02 Å². The number of nitrogens with zero attached hydrogens (tertiary/aromatic N) is 1. The number of hydrogen-bond acceptors (Lipinski definition) is 2. The fraction of sp³-hybridized carbons (Fsp3) is 0.333. The molecule has 3 nitrogen and oxygen atoms in total. The largest absolute Gasteiger partial charge is 0.460 e. The minimum Gasteiger partial charge on any atom is -0.305 e. The molecule has 0 aliphatic heterocycles. The molecular formula is C9H4ClF7N2O. The van der Waals surface area contributed by atoms with Crippen molar-refractivity contribution in [3.8, 4) is 0 Å². The molecular weight excluding hydrogens is 321 g/mol. The number of hydrogen-bond donors (Lipinski definition) is 1. The highest BCUT2D eigenvalue weighted by Crippen LogP contribution is 2.46. The summed E-state index contributed by atoms with van der Waals surface area (Å²) in [6.45, 7) is 0. The zero-order valence-electron chi connectivity index (χ0n) is 9.11. The van der Waals surface area contributed by atoms with Crippen molar-refractivity contribution in [1.29, 1.82) is 0 Å². The SMILES string of the molecule is O=C(Nc1ccc(Cl)cn1)C(F)(F)C(F)(F)C(F)(F)F. The summed E-state index contributed by atoms with van der Waals surface area (Å²) >= 11 is 5.38. The van der Waals surface area contributed by atoms with E-state index in [1.165, 1.54) is 0 Å². The Hall–Kier alpha value is -1.58. The Labute approximate surface area is 111 Å². The number of carbonyl (C=O) groups is 1. The Morgan fingerprint density at radius 3 is 2.05 bits per heavy atom. The third kappa shape index (κ3) is 2.94. The average Bonchev–Trinajstić information content (AvgIpc) is 2.30. The van der Waals surface area contributed by atoms with E-state index < -0.39 is 29.7 Å². The molecule has 1 heterocycles. The van der Waals surface area contributed by atoms with Crippen LogP contribution in [0.3, 0.4) is 0 Å². The summed E-state index contributed by atoms with van der Waals surface area (Å²) in [7, 11) is 0. The first kappa shape index (κ1) is 16.5. The van der Waals surface area contributed by atoms with Crippen molar-refractivity contribution in [3.05, 3.63) is 23.4 Å². The summed E-state index contributed by atoms with van der Waals surface area (Å²) in [6, 6.07) is 1.91. The first-order valence-electron chi connectivity index (χ1n) is 4.65. The molecule has 0 aliphatic rings. The van der Waals surface area contributed by atoms with E-state index in [1.54, 1.807) is 0 Å². The van der Waals surface area contributed by atoms with E-state index in [1.807, 2.05) is 0 Å². The van der Waals surface area contributed by atoms with Gasteiger partial charge in [-0.15, -0.1) is 0 Å². The smallest absolute Gasteiger partial charge is 0.305 e. The molecule has 20 heavy (non-hydrogen) atoms. The van der Waals surface area contributed by atoms with Crippen LogP contribution >= 0.6 is 11.6 Å². The lowest BCUT2D eigenvalue weighted by Crippen LogP contribution is -2.57. The maximum Gasteiger partial charge on any atom is 0.460 e. The molecule has 1 amide bonds. The van der Waals surface area contributed by atoms with Crippen LogP contribution in [0.5, 0.6) is 0 Å². The summed E-state index contributed by atoms with van der Waals surface area (Å²) in [5.41, 5.74) is 0. The monoisotopic (exact) mass is 324 g/mol. The van der Waals surface area contributed by atoms with Crippen LogP contribution in [0.1, 0.15) is 0 Å². The molecule has 1 N–H and O–H groups in total. The zero-order valence-corrected chi connectivity index (χ0v) is 9.87. The second-order valence-electron chi connectivity index (χ2n) is 3.46. The Morgan fingerprint density at radius 2 is 1.65 bits per heavy atom. The minimum atomic E-state index is -6.58. The van der Waals surface area contributed by atoms with E-state index in [2.05, 4.69) is 4.98 Å². The van der Waals surface area contributed by atoms with Crippen molar-refractivity contribution in [2.45, 2.75) is 18.0 Å². The zero-order chi connectivity index (χ0) is 15.8. The van der Waals surface area contributed by atoms with Gasteiger partial charge in [0.05, 0.1) is 5.02 Å². The third-order valence-electron chi connectivity index (χ3n) is 2.00. The molecule has 1 aromatic heterocycles. The van der Waals surface area contributed by atoms with Crippen LogP contribution in [0.2, 0.25) is 5.02 Å². The average molecular weight is 325 g/mol. The van der Waals surface area contributed by atoms with Gasteiger partial charge in [0.25, 0.3) is 0 Å². The number of alkyl halides is 7. The number of pyridine rings is 1. The predicted octanol–water partition coefficient (Wildman–Crippen LogP) is 3.51. The molecule has 0 unspecified atom stereocenters. The van der Waals surface area contributed by atoms with Gasteiger partial charge in [0.15, 0.2) is 0 Å². The van der Waals surface area contributed by atoms with Crippen molar-refractivity contribution in [2.24, 2.45) is 0 Å². The van der Waals surface area contributed by atoms with Gasteiger partial charge in [-0.3, -0.25) is 4.79 Å². The lowest BCUT2D eigenvalue weighted by atomic mass is 10.1.